The molecule has 2 rings (SSSR count). The number of carbonyl (C=O) groups excluding carboxylic acids is 1. The van der Waals surface area contributed by atoms with Gasteiger partial charge in [-0.15, -0.1) is 0 Å². The van der Waals surface area contributed by atoms with Gasteiger partial charge in [0, 0.05) is 12.6 Å². The topological polar surface area (TPSA) is 29.5 Å². The third kappa shape index (κ3) is 2.50. The molecule has 0 radical (unpaired) electrons. The van der Waals surface area contributed by atoms with E-state index < -0.39 is 0 Å². The summed E-state index contributed by atoms with van der Waals surface area (Å²) in [5.41, 5.74) is 0.681. The molecule has 1 aromatic carbocycles. The molecule has 1 amide bonds. The van der Waals surface area contributed by atoms with Crippen LogP contribution in [-0.2, 0) is 0 Å². The van der Waals surface area contributed by atoms with Crippen molar-refractivity contribution in [3.8, 4) is 5.75 Å². The van der Waals surface area contributed by atoms with Crippen LogP contribution in [0.4, 0.5) is 0 Å². The molecule has 0 unspecified atom stereocenters. The zero-order valence-electron chi connectivity index (χ0n) is 11.2. The van der Waals surface area contributed by atoms with Crippen molar-refractivity contribution in [2.45, 2.75) is 38.6 Å². The Labute approximate surface area is 109 Å². The Kier molecular flexibility index (Phi) is 4.24. The van der Waals surface area contributed by atoms with Gasteiger partial charge in [0.15, 0.2) is 0 Å². The minimum absolute atomic E-state index is 0.110. The number of methoxy groups -OCH3 is 1. The Balaban J connectivity index is 2.24. The summed E-state index contributed by atoms with van der Waals surface area (Å²) in [7, 11) is 1.61. The maximum absolute atomic E-state index is 12.6. The molecule has 0 aliphatic carbocycles. The lowest BCUT2D eigenvalue weighted by Crippen LogP contribution is -2.43. The third-order valence-electron chi connectivity index (χ3n) is 3.70. The Morgan fingerprint density at radius 3 is 2.89 bits per heavy atom. The Morgan fingerprint density at radius 2 is 2.17 bits per heavy atom. The van der Waals surface area contributed by atoms with E-state index in [0.29, 0.717) is 17.4 Å². The van der Waals surface area contributed by atoms with Crippen LogP contribution >= 0.6 is 0 Å². The standard InChI is InChI=1S/C15H21NO2/c1-3-12-8-6-7-11-16(12)15(17)13-9-4-5-10-14(13)18-2/h4-5,9-10,12H,3,6-8,11H2,1-2H3/t12-/m0/s1. The molecule has 1 saturated heterocycles. The minimum atomic E-state index is 0.110. The highest BCUT2D eigenvalue weighted by atomic mass is 16.5. The number of carbonyl (C=O) groups is 1. The van der Waals surface area contributed by atoms with Crippen molar-refractivity contribution in [2.24, 2.45) is 0 Å². The van der Waals surface area contributed by atoms with Gasteiger partial charge in [-0.05, 0) is 37.8 Å². The zero-order valence-corrected chi connectivity index (χ0v) is 11.2. The van der Waals surface area contributed by atoms with E-state index in [2.05, 4.69) is 6.92 Å². The number of likely N-dealkylation sites (tertiary alicyclic amines) is 1. The van der Waals surface area contributed by atoms with Crippen molar-refractivity contribution in [1.29, 1.82) is 0 Å². The van der Waals surface area contributed by atoms with Crippen LogP contribution in [0.2, 0.25) is 0 Å². The minimum Gasteiger partial charge on any atom is -0.496 e. The number of rotatable bonds is 3. The number of benzene rings is 1. The van der Waals surface area contributed by atoms with E-state index in [0.717, 1.165) is 25.8 Å². The predicted molar refractivity (Wildman–Crippen MR) is 72.0 cm³/mol. The summed E-state index contributed by atoms with van der Waals surface area (Å²) < 4.78 is 5.28. The molecule has 3 heteroatoms. The molecule has 1 heterocycles. The van der Waals surface area contributed by atoms with Crippen LogP contribution in [0.15, 0.2) is 24.3 Å². The van der Waals surface area contributed by atoms with Crippen molar-refractivity contribution in [1.82, 2.24) is 4.90 Å². The Bertz CT molecular complexity index is 417. The fraction of sp³-hybridized carbons (Fsp3) is 0.533. The van der Waals surface area contributed by atoms with Crippen LogP contribution < -0.4 is 4.74 Å². The molecule has 98 valence electrons. The van der Waals surface area contributed by atoms with Crippen molar-refractivity contribution >= 4 is 5.91 Å². The molecule has 0 aromatic heterocycles. The van der Waals surface area contributed by atoms with Crippen LogP contribution in [0.5, 0.6) is 5.75 Å². The van der Waals surface area contributed by atoms with Gasteiger partial charge >= 0.3 is 0 Å². The fourth-order valence-electron chi connectivity index (χ4n) is 2.67. The van der Waals surface area contributed by atoms with E-state index in [4.69, 9.17) is 4.74 Å². The largest absolute Gasteiger partial charge is 0.496 e. The summed E-state index contributed by atoms with van der Waals surface area (Å²) in [6.07, 6.45) is 4.49. The van der Waals surface area contributed by atoms with Crippen molar-refractivity contribution in [3.05, 3.63) is 29.8 Å². The number of piperidine rings is 1. The first-order valence-electron chi connectivity index (χ1n) is 6.72. The molecule has 1 atom stereocenters. The predicted octanol–water partition coefficient (Wildman–Crippen LogP) is 3.10. The summed E-state index contributed by atoms with van der Waals surface area (Å²) in [6.45, 7) is 3.02. The summed E-state index contributed by atoms with van der Waals surface area (Å²) in [4.78, 5) is 14.6. The van der Waals surface area contributed by atoms with Crippen molar-refractivity contribution in [3.63, 3.8) is 0 Å². The lowest BCUT2D eigenvalue weighted by molar-refractivity contribution is 0.0604. The van der Waals surface area contributed by atoms with E-state index >= 15 is 0 Å². The fourth-order valence-corrected chi connectivity index (χ4v) is 2.67. The highest BCUT2D eigenvalue weighted by Crippen LogP contribution is 2.25. The van der Waals surface area contributed by atoms with E-state index in [1.54, 1.807) is 7.11 Å². The van der Waals surface area contributed by atoms with Crippen LogP contribution in [0, 0.1) is 0 Å². The molecule has 1 aliphatic heterocycles. The van der Waals surface area contributed by atoms with Crippen LogP contribution in [0.25, 0.3) is 0 Å². The van der Waals surface area contributed by atoms with Crippen LogP contribution in [0.1, 0.15) is 43.0 Å². The number of hydrogen-bond acceptors (Lipinski definition) is 2. The van der Waals surface area contributed by atoms with Crippen molar-refractivity contribution in [2.75, 3.05) is 13.7 Å². The molecule has 0 N–H and O–H groups in total. The van der Waals surface area contributed by atoms with Gasteiger partial charge in [-0.25, -0.2) is 0 Å². The van der Waals surface area contributed by atoms with Crippen LogP contribution in [-0.4, -0.2) is 30.5 Å². The summed E-state index contributed by atoms with van der Waals surface area (Å²) in [5.74, 6) is 0.780. The SMILES string of the molecule is CC[C@H]1CCCCN1C(=O)c1ccccc1OC. The normalized spacial score (nSPS) is 19.7. The average molecular weight is 247 g/mol. The number of para-hydroxylation sites is 1. The molecule has 1 aromatic rings. The van der Waals surface area contributed by atoms with Gasteiger partial charge in [0.1, 0.15) is 5.75 Å². The van der Waals surface area contributed by atoms with Gasteiger partial charge in [-0.1, -0.05) is 19.1 Å². The zero-order chi connectivity index (χ0) is 13.0. The quantitative estimate of drug-likeness (QED) is 0.821. The van der Waals surface area contributed by atoms with Crippen molar-refractivity contribution < 1.29 is 9.53 Å². The third-order valence-corrected chi connectivity index (χ3v) is 3.70. The lowest BCUT2D eigenvalue weighted by Gasteiger charge is -2.35. The highest BCUT2D eigenvalue weighted by molar-refractivity contribution is 5.97. The first-order chi connectivity index (χ1) is 8.77. The maximum Gasteiger partial charge on any atom is 0.257 e. The maximum atomic E-state index is 12.6. The average Bonchev–Trinajstić information content (AvgIpc) is 2.46. The lowest BCUT2D eigenvalue weighted by atomic mass is 9.98. The molecule has 0 bridgehead atoms. The molecule has 1 fully saturated rings. The number of hydrogen-bond donors (Lipinski definition) is 0. The molecule has 0 saturated carbocycles. The van der Waals surface area contributed by atoms with Gasteiger partial charge in [0.25, 0.3) is 5.91 Å². The van der Waals surface area contributed by atoms with Gasteiger partial charge in [-0.2, -0.15) is 0 Å². The summed E-state index contributed by atoms with van der Waals surface area (Å²) in [6, 6.07) is 7.86. The second-order valence-corrected chi connectivity index (χ2v) is 4.76. The van der Waals surface area contributed by atoms with Gasteiger partial charge in [-0.3, -0.25) is 4.79 Å². The second kappa shape index (κ2) is 5.89. The molecule has 3 nitrogen and oxygen atoms in total. The molecular formula is C15H21NO2. The smallest absolute Gasteiger partial charge is 0.257 e. The van der Waals surface area contributed by atoms with E-state index in [9.17, 15) is 4.79 Å². The highest BCUT2D eigenvalue weighted by Gasteiger charge is 2.27. The number of ether oxygens (including phenoxy) is 1. The summed E-state index contributed by atoms with van der Waals surface area (Å²) >= 11 is 0. The molecule has 1 aliphatic rings. The molecule has 18 heavy (non-hydrogen) atoms. The van der Waals surface area contributed by atoms with E-state index in [-0.39, 0.29) is 5.91 Å². The van der Waals surface area contributed by atoms with Gasteiger partial charge in [0.05, 0.1) is 12.7 Å². The van der Waals surface area contributed by atoms with Crippen LogP contribution in [0.3, 0.4) is 0 Å². The first kappa shape index (κ1) is 12.9. The first-order valence-corrected chi connectivity index (χ1v) is 6.72. The second-order valence-electron chi connectivity index (χ2n) is 4.76. The van der Waals surface area contributed by atoms with E-state index in [1.807, 2.05) is 29.2 Å². The summed E-state index contributed by atoms with van der Waals surface area (Å²) in [5, 5.41) is 0. The molecular weight excluding hydrogens is 226 g/mol. The molecule has 0 spiro atoms. The Hall–Kier alpha value is -1.51. The monoisotopic (exact) mass is 247 g/mol. The van der Waals surface area contributed by atoms with Gasteiger partial charge < -0.3 is 9.64 Å². The van der Waals surface area contributed by atoms with E-state index in [1.165, 1.54) is 6.42 Å². The number of nitrogens with zero attached hydrogens (tertiary/aromatic N) is 1. The van der Waals surface area contributed by atoms with Gasteiger partial charge in [0.2, 0.25) is 0 Å². The Morgan fingerprint density at radius 1 is 1.39 bits per heavy atom. The number of amides is 1.